The highest BCUT2D eigenvalue weighted by molar-refractivity contribution is 5.58. The first-order chi connectivity index (χ1) is 6.20. The second-order valence-electron chi connectivity index (χ2n) is 3.87. The molecular weight excluding hydrogens is 160 g/mol. The van der Waals surface area contributed by atoms with Crippen LogP contribution in [0.25, 0.3) is 0 Å². The second-order valence-corrected chi connectivity index (χ2v) is 3.87. The molecule has 2 heteroatoms. The molecule has 0 amide bonds. The minimum atomic E-state index is 0.156. The minimum absolute atomic E-state index is 0.156. The number of nitrogen functional groups attached to an aromatic ring is 1. The topological polar surface area (TPSA) is 52.0 Å². The number of nitrogens with two attached hydrogens (primary N) is 2. The van der Waals surface area contributed by atoms with E-state index in [1.54, 1.807) is 0 Å². The fourth-order valence-corrected chi connectivity index (χ4v) is 2.10. The number of rotatable bonds is 0. The monoisotopic (exact) mass is 176 g/mol. The van der Waals surface area contributed by atoms with Gasteiger partial charge in [-0.15, -0.1) is 0 Å². The van der Waals surface area contributed by atoms with Gasteiger partial charge in [-0.1, -0.05) is 12.1 Å². The minimum Gasteiger partial charge on any atom is -0.398 e. The van der Waals surface area contributed by atoms with Gasteiger partial charge >= 0.3 is 0 Å². The lowest BCUT2D eigenvalue weighted by Gasteiger charge is -2.24. The van der Waals surface area contributed by atoms with E-state index in [2.05, 4.69) is 12.1 Å². The number of hydrogen-bond acceptors (Lipinski definition) is 2. The molecule has 13 heavy (non-hydrogen) atoms. The molecule has 0 aliphatic heterocycles. The number of aryl methyl sites for hydroxylation is 2. The predicted octanol–water partition coefficient (Wildman–Crippen LogP) is 1.91. The Bertz CT molecular complexity index is 331. The normalized spacial score (nSPS) is 21.2. The van der Waals surface area contributed by atoms with Crippen LogP contribution in [0.3, 0.4) is 0 Å². The van der Waals surface area contributed by atoms with Crippen LogP contribution in [0.15, 0.2) is 12.1 Å². The Balaban J connectivity index is 2.58. The molecule has 0 radical (unpaired) electrons. The number of fused-ring (bicyclic) bond motifs is 1. The average Bonchev–Trinajstić information content (AvgIpc) is 2.12. The van der Waals surface area contributed by atoms with Gasteiger partial charge in [-0.25, -0.2) is 0 Å². The Labute approximate surface area is 78.9 Å². The van der Waals surface area contributed by atoms with E-state index in [1.165, 1.54) is 17.5 Å². The summed E-state index contributed by atoms with van der Waals surface area (Å²) in [4.78, 5) is 0. The fourth-order valence-electron chi connectivity index (χ4n) is 2.10. The van der Waals surface area contributed by atoms with E-state index in [4.69, 9.17) is 11.5 Å². The number of benzene rings is 1. The molecule has 0 aromatic heterocycles. The summed E-state index contributed by atoms with van der Waals surface area (Å²) in [6.45, 7) is 2.04. The van der Waals surface area contributed by atoms with Gasteiger partial charge in [-0.05, 0) is 42.9 Å². The third kappa shape index (κ3) is 1.31. The molecule has 0 saturated carbocycles. The van der Waals surface area contributed by atoms with Crippen LogP contribution in [0, 0.1) is 6.92 Å². The van der Waals surface area contributed by atoms with Crippen molar-refractivity contribution in [3.05, 3.63) is 28.8 Å². The lowest BCUT2D eigenvalue weighted by molar-refractivity contribution is 0.572. The van der Waals surface area contributed by atoms with Crippen LogP contribution in [0.1, 0.15) is 35.6 Å². The molecule has 0 spiro atoms. The molecule has 0 heterocycles. The van der Waals surface area contributed by atoms with Crippen molar-refractivity contribution in [2.75, 3.05) is 5.73 Å². The van der Waals surface area contributed by atoms with Crippen molar-refractivity contribution in [2.45, 2.75) is 32.2 Å². The summed E-state index contributed by atoms with van der Waals surface area (Å²) < 4.78 is 0. The maximum Gasteiger partial charge on any atom is 0.0394 e. The molecule has 0 unspecified atom stereocenters. The summed E-state index contributed by atoms with van der Waals surface area (Å²) in [5, 5.41) is 0. The van der Waals surface area contributed by atoms with E-state index < -0.39 is 0 Å². The van der Waals surface area contributed by atoms with Gasteiger partial charge in [0.1, 0.15) is 0 Å². The van der Waals surface area contributed by atoms with Crippen molar-refractivity contribution < 1.29 is 0 Å². The molecule has 1 aliphatic rings. The molecule has 0 fully saturated rings. The first kappa shape index (κ1) is 8.57. The van der Waals surface area contributed by atoms with Crippen molar-refractivity contribution in [2.24, 2.45) is 5.73 Å². The largest absolute Gasteiger partial charge is 0.398 e. The van der Waals surface area contributed by atoms with Crippen molar-refractivity contribution in [3.63, 3.8) is 0 Å². The van der Waals surface area contributed by atoms with Gasteiger partial charge in [0.2, 0.25) is 0 Å². The van der Waals surface area contributed by atoms with Gasteiger partial charge in [0, 0.05) is 11.7 Å². The van der Waals surface area contributed by atoms with Crippen LogP contribution in [0.4, 0.5) is 5.69 Å². The molecule has 2 rings (SSSR count). The number of anilines is 1. The quantitative estimate of drug-likeness (QED) is 0.593. The van der Waals surface area contributed by atoms with E-state index in [0.717, 1.165) is 24.1 Å². The van der Waals surface area contributed by atoms with E-state index in [1.807, 2.05) is 6.92 Å². The summed E-state index contributed by atoms with van der Waals surface area (Å²) in [6.07, 6.45) is 3.39. The zero-order valence-electron chi connectivity index (χ0n) is 8.01. The smallest absolute Gasteiger partial charge is 0.0394 e. The van der Waals surface area contributed by atoms with Crippen molar-refractivity contribution in [1.29, 1.82) is 0 Å². The molecule has 0 bridgehead atoms. The van der Waals surface area contributed by atoms with Gasteiger partial charge in [0.05, 0.1) is 0 Å². The zero-order valence-corrected chi connectivity index (χ0v) is 8.01. The first-order valence-electron chi connectivity index (χ1n) is 4.83. The van der Waals surface area contributed by atoms with Crippen LogP contribution in [-0.4, -0.2) is 0 Å². The summed E-state index contributed by atoms with van der Waals surface area (Å²) in [6, 6.07) is 4.41. The van der Waals surface area contributed by atoms with Gasteiger partial charge < -0.3 is 11.5 Å². The Morgan fingerprint density at radius 2 is 2.15 bits per heavy atom. The van der Waals surface area contributed by atoms with E-state index in [0.29, 0.717) is 0 Å². The van der Waals surface area contributed by atoms with Gasteiger partial charge in [-0.2, -0.15) is 0 Å². The molecule has 1 aliphatic carbocycles. The van der Waals surface area contributed by atoms with Crippen molar-refractivity contribution >= 4 is 5.69 Å². The van der Waals surface area contributed by atoms with Gasteiger partial charge in [-0.3, -0.25) is 0 Å². The Hall–Kier alpha value is -1.02. The maximum atomic E-state index is 6.04. The zero-order chi connectivity index (χ0) is 9.42. The van der Waals surface area contributed by atoms with Crippen LogP contribution < -0.4 is 11.5 Å². The summed E-state index contributed by atoms with van der Waals surface area (Å²) in [7, 11) is 0. The molecule has 1 atom stereocenters. The van der Waals surface area contributed by atoms with Crippen LogP contribution in [0.5, 0.6) is 0 Å². The molecule has 2 nitrogen and oxygen atoms in total. The van der Waals surface area contributed by atoms with Crippen LogP contribution in [-0.2, 0) is 6.42 Å². The van der Waals surface area contributed by atoms with Crippen LogP contribution in [0.2, 0.25) is 0 Å². The third-order valence-corrected chi connectivity index (χ3v) is 2.93. The standard InChI is InChI=1S/C11H16N2/c1-7-5-6-8-3-2-4-9(12)10(8)11(7)13/h5-6,9H,2-4,12-13H2,1H3/t9-/m1/s1. The van der Waals surface area contributed by atoms with E-state index in [-0.39, 0.29) is 6.04 Å². The molecular formula is C11H16N2. The summed E-state index contributed by atoms with van der Waals surface area (Å²) >= 11 is 0. The highest BCUT2D eigenvalue weighted by Gasteiger charge is 2.19. The Morgan fingerprint density at radius 1 is 1.38 bits per heavy atom. The first-order valence-corrected chi connectivity index (χ1v) is 4.83. The fraction of sp³-hybridized carbons (Fsp3) is 0.455. The molecule has 1 aromatic rings. The Morgan fingerprint density at radius 3 is 2.92 bits per heavy atom. The lowest BCUT2D eigenvalue weighted by Crippen LogP contribution is -2.19. The third-order valence-electron chi connectivity index (χ3n) is 2.93. The average molecular weight is 176 g/mol. The number of hydrogen-bond donors (Lipinski definition) is 2. The molecule has 70 valence electrons. The van der Waals surface area contributed by atoms with Gasteiger partial charge in [0.15, 0.2) is 0 Å². The second kappa shape index (κ2) is 3.04. The molecule has 1 aromatic carbocycles. The SMILES string of the molecule is Cc1ccc2c(c1N)[C@H](N)CCC2. The van der Waals surface area contributed by atoms with Crippen molar-refractivity contribution in [1.82, 2.24) is 0 Å². The maximum absolute atomic E-state index is 6.04. The predicted molar refractivity (Wildman–Crippen MR) is 55.5 cm³/mol. The van der Waals surface area contributed by atoms with Crippen molar-refractivity contribution in [3.8, 4) is 0 Å². The van der Waals surface area contributed by atoms with Gasteiger partial charge in [0.25, 0.3) is 0 Å². The molecule has 4 N–H and O–H groups in total. The molecule has 0 saturated heterocycles. The highest BCUT2D eigenvalue weighted by atomic mass is 14.7. The summed E-state index contributed by atoms with van der Waals surface area (Å²) in [5.41, 5.74) is 16.7. The highest BCUT2D eigenvalue weighted by Crippen LogP contribution is 2.33. The van der Waals surface area contributed by atoms with Crippen LogP contribution >= 0.6 is 0 Å². The van der Waals surface area contributed by atoms with E-state index in [9.17, 15) is 0 Å². The summed E-state index contributed by atoms with van der Waals surface area (Å²) in [5.74, 6) is 0. The Kier molecular flexibility index (Phi) is 2.00. The lowest BCUT2D eigenvalue weighted by atomic mass is 9.86. The van der Waals surface area contributed by atoms with E-state index >= 15 is 0 Å².